The summed E-state index contributed by atoms with van der Waals surface area (Å²) < 4.78 is 0. The SMILES string of the molecule is [SiH3]C1=NC2=CC=CC2=C1. The van der Waals surface area contributed by atoms with Gasteiger partial charge in [-0.2, -0.15) is 0 Å². The van der Waals surface area contributed by atoms with E-state index >= 15 is 0 Å². The highest BCUT2D eigenvalue weighted by atomic mass is 28.1. The maximum atomic E-state index is 4.33. The Hall–Kier alpha value is -0.893. The number of rotatable bonds is 0. The first-order valence-electron chi connectivity index (χ1n) is 3.02. The van der Waals surface area contributed by atoms with Crippen LogP contribution < -0.4 is 0 Å². The Morgan fingerprint density at radius 2 is 2.33 bits per heavy atom. The Labute approximate surface area is 56.9 Å². The Balaban J connectivity index is 2.53. The van der Waals surface area contributed by atoms with E-state index in [1.807, 2.05) is 6.08 Å². The summed E-state index contributed by atoms with van der Waals surface area (Å²) in [7, 11) is 1.07. The monoisotopic (exact) mass is 133 g/mol. The zero-order chi connectivity index (χ0) is 6.27. The number of nitrogens with zero attached hydrogens (tertiary/aromatic N) is 1. The summed E-state index contributed by atoms with van der Waals surface area (Å²) in [5, 5.41) is 1.25. The zero-order valence-electron chi connectivity index (χ0n) is 5.26. The summed E-state index contributed by atoms with van der Waals surface area (Å²) >= 11 is 0. The minimum absolute atomic E-state index is 1.07. The summed E-state index contributed by atoms with van der Waals surface area (Å²) in [6, 6.07) is 0. The lowest BCUT2D eigenvalue weighted by Crippen LogP contribution is -1.84. The number of hydrogen-bond donors (Lipinski definition) is 0. The van der Waals surface area contributed by atoms with E-state index < -0.39 is 0 Å². The molecule has 0 atom stereocenters. The third kappa shape index (κ3) is 0.633. The summed E-state index contributed by atoms with van der Waals surface area (Å²) in [5.74, 6) is 0. The van der Waals surface area contributed by atoms with Gasteiger partial charge in [0.1, 0.15) is 0 Å². The maximum absolute atomic E-state index is 4.33. The van der Waals surface area contributed by atoms with Crippen molar-refractivity contribution < 1.29 is 0 Å². The summed E-state index contributed by atoms with van der Waals surface area (Å²) in [6.07, 6.45) is 8.35. The van der Waals surface area contributed by atoms with E-state index in [1.54, 1.807) is 0 Å². The second-order valence-corrected chi connectivity index (χ2v) is 3.29. The first-order chi connectivity index (χ1) is 4.36. The second-order valence-electron chi connectivity index (χ2n) is 2.26. The first kappa shape index (κ1) is 4.94. The molecule has 0 saturated heterocycles. The van der Waals surface area contributed by atoms with E-state index in [-0.39, 0.29) is 0 Å². The van der Waals surface area contributed by atoms with Gasteiger partial charge in [-0.1, -0.05) is 12.2 Å². The molecule has 44 valence electrons. The number of aliphatic imine (C=N–C) groups is 1. The third-order valence-electron chi connectivity index (χ3n) is 1.49. The topological polar surface area (TPSA) is 12.4 Å². The standard InChI is InChI=1S/C7H7NSi/c9-7-4-5-2-1-3-6(5)8-7/h1-4H,9H3. The van der Waals surface area contributed by atoms with E-state index in [0.717, 1.165) is 15.9 Å². The minimum atomic E-state index is 1.07. The summed E-state index contributed by atoms with van der Waals surface area (Å²) in [5.41, 5.74) is 2.44. The highest BCUT2D eigenvalue weighted by molar-refractivity contribution is 6.63. The van der Waals surface area contributed by atoms with Crippen LogP contribution in [-0.2, 0) is 0 Å². The fourth-order valence-electron chi connectivity index (χ4n) is 1.10. The van der Waals surface area contributed by atoms with E-state index in [1.165, 1.54) is 10.9 Å². The van der Waals surface area contributed by atoms with Crippen molar-refractivity contribution in [2.24, 2.45) is 4.99 Å². The number of allylic oxidation sites excluding steroid dienone is 4. The molecule has 0 N–H and O–H groups in total. The predicted molar refractivity (Wildman–Crippen MR) is 42.7 cm³/mol. The van der Waals surface area contributed by atoms with Gasteiger partial charge in [0.15, 0.2) is 0 Å². The molecule has 2 rings (SSSR count). The molecular formula is C7H7NSi. The van der Waals surface area contributed by atoms with Gasteiger partial charge in [-0.05, 0) is 12.2 Å². The molecule has 1 aliphatic carbocycles. The van der Waals surface area contributed by atoms with Crippen LogP contribution in [0.15, 0.2) is 40.6 Å². The van der Waals surface area contributed by atoms with Crippen LogP contribution >= 0.6 is 0 Å². The van der Waals surface area contributed by atoms with Gasteiger partial charge in [0, 0.05) is 10.9 Å². The van der Waals surface area contributed by atoms with Crippen molar-refractivity contribution in [3.8, 4) is 0 Å². The molecule has 1 aliphatic heterocycles. The maximum Gasteiger partial charge on any atom is 0.0700 e. The van der Waals surface area contributed by atoms with Gasteiger partial charge in [-0.15, -0.1) is 0 Å². The number of hydrogen-bond acceptors (Lipinski definition) is 1. The molecular weight excluding hydrogens is 126 g/mol. The lowest BCUT2D eigenvalue weighted by molar-refractivity contribution is 1.43. The zero-order valence-corrected chi connectivity index (χ0v) is 7.26. The fraction of sp³-hybridized carbons (Fsp3) is 0. The third-order valence-corrected chi connectivity index (χ3v) is 2.00. The quantitative estimate of drug-likeness (QED) is 0.417. The molecule has 0 bridgehead atoms. The highest BCUT2D eigenvalue weighted by Crippen LogP contribution is 2.23. The van der Waals surface area contributed by atoms with Gasteiger partial charge in [0.05, 0.1) is 15.9 Å². The van der Waals surface area contributed by atoms with E-state index in [0.29, 0.717) is 0 Å². The van der Waals surface area contributed by atoms with E-state index in [9.17, 15) is 0 Å². The lowest BCUT2D eigenvalue weighted by atomic mass is 10.3. The summed E-state index contributed by atoms with van der Waals surface area (Å²) in [4.78, 5) is 4.33. The van der Waals surface area contributed by atoms with Crippen LogP contribution in [0.5, 0.6) is 0 Å². The van der Waals surface area contributed by atoms with E-state index in [4.69, 9.17) is 0 Å². The van der Waals surface area contributed by atoms with Crippen LogP contribution in [0.25, 0.3) is 0 Å². The first-order valence-corrected chi connectivity index (χ1v) is 4.02. The Bertz CT molecular complexity index is 269. The van der Waals surface area contributed by atoms with Crippen molar-refractivity contribution in [2.75, 3.05) is 0 Å². The molecule has 1 heterocycles. The molecule has 0 radical (unpaired) electrons. The van der Waals surface area contributed by atoms with Gasteiger partial charge in [0.25, 0.3) is 0 Å². The molecule has 9 heavy (non-hydrogen) atoms. The van der Waals surface area contributed by atoms with Crippen molar-refractivity contribution in [3.63, 3.8) is 0 Å². The molecule has 0 spiro atoms. The minimum Gasteiger partial charge on any atom is -0.259 e. The van der Waals surface area contributed by atoms with Crippen LogP contribution in [0, 0.1) is 0 Å². The van der Waals surface area contributed by atoms with Gasteiger partial charge in [-0.3, -0.25) is 4.99 Å². The molecule has 0 amide bonds. The van der Waals surface area contributed by atoms with Crippen LogP contribution in [0.3, 0.4) is 0 Å². The average Bonchev–Trinajstić information content (AvgIpc) is 2.22. The van der Waals surface area contributed by atoms with Crippen molar-refractivity contribution in [3.05, 3.63) is 35.6 Å². The molecule has 0 aromatic heterocycles. The molecule has 0 saturated carbocycles. The van der Waals surface area contributed by atoms with Crippen molar-refractivity contribution >= 4 is 15.6 Å². The van der Waals surface area contributed by atoms with Crippen LogP contribution in [-0.4, -0.2) is 15.6 Å². The Morgan fingerprint density at radius 3 is 3.11 bits per heavy atom. The Morgan fingerprint density at radius 1 is 1.44 bits per heavy atom. The van der Waals surface area contributed by atoms with Crippen LogP contribution in [0.4, 0.5) is 0 Å². The summed E-state index contributed by atoms with van der Waals surface area (Å²) in [6.45, 7) is 0. The van der Waals surface area contributed by atoms with Gasteiger partial charge >= 0.3 is 0 Å². The fourth-order valence-corrected chi connectivity index (χ4v) is 1.65. The molecule has 0 aromatic carbocycles. The van der Waals surface area contributed by atoms with Gasteiger partial charge in [0.2, 0.25) is 0 Å². The smallest absolute Gasteiger partial charge is 0.0700 e. The molecule has 2 heteroatoms. The van der Waals surface area contributed by atoms with Crippen LogP contribution in [0.2, 0.25) is 0 Å². The molecule has 2 aliphatic rings. The van der Waals surface area contributed by atoms with Crippen molar-refractivity contribution in [1.82, 2.24) is 0 Å². The average molecular weight is 133 g/mol. The highest BCUT2D eigenvalue weighted by Gasteiger charge is 2.10. The van der Waals surface area contributed by atoms with Crippen LogP contribution in [0.1, 0.15) is 0 Å². The second kappa shape index (κ2) is 1.54. The van der Waals surface area contributed by atoms with Crippen molar-refractivity contribution in [1.29, 1.82) is 0 Å². The molecule has 0 unspecified atom stereocenters. The van der Waals surface area contributed by atoms with Gasteiger partial charge in [-0.25, -0.2) is 0 Å². The Kier molecular flexibility index (Phi) is 0.846. The normalized spacial score (nSPS) is 21.6. The molecule has 0 aromatic rings. The van der Waals surface area contributed by atoms with E-state index in [2.05, 4.69) is 23.2 Å². The largest absolute Gasteiger partial charge is 0.259 e. The number of fused-ring (bicyclic) bond motifs is 1. The lowest BCUT2D eigenvalue weighted by Gasteiger charge is -1.84. The molecule has 1 nitrogen and oxygen atoms in total. The van der Waals surface area contributed by atoms with Gasteiger partial charge < -0.3 is 0 Å². The van der Waals surface area contributed by atoms with Crippen molar-refractivity contribution in [2.45, 2.75) is 0 Å². The predicted octanol–water partition coefficient (Wildman–Crippen LogP) is 0.144. The molecule has 0 fully saturated rings.